The largest absolute Gasteiger partial charge is 0.451 e. The molecule has 1 amide bonds. The Bertz CT molecular complexity index is 488. The molecule has 0 unspecified atom stereocenters. The molecule has 0 aromatic carbocycles. The highest BCUT2D eigenvalue weighted by Gasteiger charge is 2.23. The van der Waals surface area contributed by atoms with Gasteiger partial charge in [0.2, 0.25) is 0 Å². The first-order chi connectivity index (χ1) is 8.56. The van der Waals surface area contributed by atoms with E-state index in [9.17, 15) is 14.4 Å². The summed E-state index contributed by atoms with van der Waals surface area (Å²) in [4.78, 5) is 36.5. The molecule has 1 fully saturated rings. The molecule has 1 saturated carbocycles. The molecule has 1 aromatic heterocycles. The second-order valence-electron chi connectivity index (χ2n) is 4.28. The van der Waals surface area contributed by atoms with E-state index in [1.54, 1.807) is 0 Å². The van der Waals surface area contributed by atoms with Gasteiger partial charge >= 0.3 is 5.97 Å². The van der Waals surface area contributed by atoms with Crippen LogP contribution in [0.1, 0.15) is 40.6 Å². The zero-order valence-electron chi connectivity index (χ0n) is 9.99. The first-order valence-corrected chi connectivity index (χ1v) is 5.72. The maximum atomic E-state index is 11.5. The Morgan fingerprint density at radius 2 is 2.17 bits per heavy atom. The number of aromatic amines is 1. The standard InChI is InChI=1S/C12H14N2O4/c1-7(15)8-4-10(13-5-8)12(17)18-6-11(16)14-9-2-3-9/h4-5,9,13H,2-3,6H2,1H3,(H,14,16). The van der Waals surface area contributed by atoms with Gasteiger partial charge in [0.15, 0.2) is 12.4 Å². The molecular formula is C12H14N2O4. The monoisotopic (exact) mass is 250 g/mol. The fraction of sp³-hybridized carbons (Fsp3) is 0.417. The van der Waals surface area contributed by atoms with Gasteiger partial charge < -0.3 is 15.0 Å². The average Bonchev–Trinajstić information content (AvgIpc) is 2.98. The molecule has 1 aromatic rings. The number of carbonyl (C=O) groups is 3. The number of H-pyrrole nitrogens is 1. The molecule has 0 radical (unpaired) electrons. The van der Waals surface area contributed by atoms with Crippen LogP contribution < -0.4 is 5.32 Å². The van der Waals surface area contributed by atoms with E-state index in [0.717, 1.165) is 12.8 Å². The molecule has 0 atom stereocenters. The summed E-state index contributed by atoms with van der Waals surface area (Å²) in [5.74, 6) is -1.09. The van der Waals surface area contributed by atoms with Crippen molar-refractivity contribution in [3.8, 4) is 0 Å². The number of amides is 1. The molecule has 18 heavy (non-hydrogen) atoms. The topological polar surface area (TPSA) is 88.3 Å². The quantitative estimate of drug-likeness (QED) is 0.593. The molecule has 0 spiro atoms. The summed E-state index contributed by atoms with van der Waals surface area (Å²) in [6.45, 7) is 1.10. The van der Waals surface area contributed by atoms with Gasteiger partial charge in [-0.2, -0.15) is 0 Å². The van der Waals surface area contributed by atoms with Gasteiger partial charge in [0, 0.05) is 17.8 Å². The molecule has 2 N–H and O–H groups in total. The summed E-state index contributed by atoms with van der Waals surface area (Å²) in [5.41, 5.74) is 0.573. The summed E-state index contributed by atoms with van der Waals surface area (Å²) in [6.07, 6.45) is 3.40. The van der Waals surface area contributed by atoms with Crippen molar-refractivity contribution in [3.05, 3.63) is 23.5 Å². The van der Waals surface area contributed by atoms with Gasteiger partial charge in [-0.3, -0.25) is 9.59 Å². The van der Waals surface area contributed by atoms with Crippen LogP contribution in [-0.2, 0) is 9.53 Å². The fourth-order valence-corrected chi connectivity index (χ4v) is 1.42. The van der Waals surface area contributed by atoms with E-state index < -0.39 is 5.97 Å². The van der Waals surface area contributed by atoms with E-state index in [0.29, 0.717) is 5.56 Å². The van der Waals surface area contributed by atoms with Crippen LogP contribution in [-0.4, -0.2) is 35.3 Å². The van der Waals surface area contributed by atoms with Crippen LogP contribution in [0.2, 0.25) is 0 Å². The van der Waals surface area contributed by atoms with Crippen molar-refractivity contribution in [3.63, 3.8) is 0 Å². The minimum absolute atomic E-state index is 0.142. The van der Waals surface area contributed by atoms with E-state index in [4.69, 9.17) is 4.74 Å². The van der Waals surface area contributed by atoms with Crippen LogP contribution in [0, 0.1) is 0 Å². The number of ether oxygens (including phenoxy) is 1. The van der Waals surface area contributed by atoms with Crippen molar-refractivity contribution in [1.82, 2.24) is 10.3 Å². The van der Waals surface area contributed by atoms with Crippen LogP contribution >= 0.6 is 0 Å². The molecule has 0 saturated heterocycles. The number of esters is 1. The number of ketones is 1. The van der Waals surface area contributed by atoms with Crippen LogP contribution in [0.4, 0.5) is 0 Å². The first-order valence-electron chi connectivity index (χ1n) is 5.72. The number of nitrogens with one attached hydrogen (secondary N) is 2. The van der Waals surface area contributed by atoms with Crippen molar-refractivity contribution in [1.29, 1.82) is 0 Å². The summed E-state index contributed by atoms with van der Waals surface area (Å²) >= 11 is 0. The Morgan fingerprint density at radius 1 is 1.44 bits per heavy atom. The SMILES string of the molecule is CC(=O)c1c[nH]c(C(=O)OCC(=O)NC2CC2)c1. The second kappa shape index (κ2) is 5.03. The molecule has 1 aliphatic carbocycles. The highest BCUT2D eigenvalue weighted by atomic mass is 16.5. The Labute approximate surface area is 104 Å². The van der Waals surface area contributed by atoms with E-state index in [2.05, 4.69) is 10.3 Å². The van der Waals surface area contributed by atoms with Gasteiger partial charge in [0.05, 0.1) is 0 Å². The third-order valence-electron chi connectivity index (χ3n) is 2.59. The van der Waals surface area contributed by atoms with Crippen LogP contribution in [0.3, 0.4) is 0 Å². The highest BCUT2D eigenvalue weighted by Crippen LogP contribution is 2.18. The molecule has 1 heterocycles. The minimum Gasteiger partial charge on any atom is -0.451 e. The number of hydrogen-bond acceptors (Lipinski definition) is 4. The smallest absolute Gasteiger partial charge is 0.355 e. The lowest BCUT2D eigenvalue weighted by Crippen LogP contribution is -2.30. The van der Waals surface area contributed by atoms with E-state index in [-0.39, 0.29) is 30.0 Å². The van der Waals surface area contributed by atoms with Crippen LogP contribution in [0.25, 0.3) is 0 Å². The Hall–Kier alpha value is -2.11. The average molecular weight is 250 g/mol. The molecule has 1 aliphatic rings. The van der Waals surface area contributed by atoms with Gasteiger partial charge in [-0.05, 0) is 25.8 Å². The maximum absolute atomic E-state index is 11.5. The molecular weight excluding hydrogens is 236 g/mol. The molecule has 6 nitrogen and oxygen atoms in total. The van der Waals surface area contributed by atoms with Crippen molar-refractivity contribution in [2.45, 2.75) is 25.8 Å². The Morgan fingerprint density at radius 3 is 2.72 bits per heavy atom. The van der Waals surface area contributed by atoms with Crippen LogP contribution in [0.15, 0.2) is 12.3 Å². The zero-order valence-corrected chi connectivity index (χ0v) is 9.99. The summed E-state index contributed by atoms with van der Waals surface area (Å²) < 4.78 is 4.82. The second-order valence-corrected chi connectivity index (χ2v) is 4.28. The van der Waals surface area contributed by atoms with Crippen molar-refractivity contribution in [2.75, 3.05) is 6.61 Å². The predicted molar refractivity (Wildman–Crippen MR) is 62.2 cm³/mol. The van der Waals surface area contributed by atoms with Gasteiger partial charge in [-0.15, -0.1) is 0 Å². The van der Waals surface area contributed by atoms with Gasteiger partial charge in [-0.1, -0.05) is 0 Å². The summed E-state index contributed by atoms with van der Waals surface area (Å²) in [7, 11) is 0. The number of Topliss-reactive ketones (excluding diaryl/α,β-unsaturated/α-hetero) is 1. The molecule has 2 rings (SSSR count). The Kier molecular flexibility index (Phi) is 3.45. The number of hydrogen-bond donors (Lipinski definition) is 2. The third-order valence-corrected chi connectivity index (χ3v) is 2.59. The van der Waals surface area contributed by atoms with E-state index >= 15 is 0 Å². The molecule has 0 bridgehead atoms. The normalized spacial score (nSPS) is 14.1. The number of carbonyl (C=O) groups excluding carboxylic acids is 3. The predicted octanol–water partition coefficient (Wildman–Crippen LogP) is 0.653. The van der Waals surface area contributed by atoms with Crippen molar-refractivity contribution >= 4 is 17.7 Å². The fourth-order valence-electron chi connectivity index (χ4n) is 1.42. The third kappa shape index (κ3) is 3.19. The number of aromatic nitrogens is 1. The number of rotatable bonds is 5. The molecule has 96 valence electrons. The van der Waals surface area contributed by atoms with Gasteiger partial charge in [0.1, 0.15) is 5.69 Å². The Balaban J connectivity index is 1.82. The lowest BCUT2D eigenvalue weighted by molar-refractivity contribution is -0.124. The van der Waals surface area contributed by atoms with Gasteiger partial charge in [-0.25, -0.2) is 4.79 Å². The zero-order chi connectivity index (χ0) is 13.1. The van der Waals surface area contributed by atoms with Crippen molar-refractivity contribution < 1.29 is 19.1 Å². The molecule has 6 heteroatoms. The van der Waals surface area contributed by atoms with Crippen LogP contribution in [0.5, 0.6) is 0 Å². The summed E-state index contributed by atoms with van der Waals surface area (Å²) in [5, 5.41) is 2.70. The lowest BCUT2D eigenvalue weighted by Gasteiger charge is -2.03. The van der Waals surface area contributed by atoms with Gasteiger partial charge in [0.25, 0.3) is 5.91 Å². The summed E-state index contributed by atoms with van der Waals surface area (Å²) in [6, 6.07) is 1.65. The lowest BCUT2D eigenvalue weighted by atomic mass is 10.2. The molecule has 0 aliphatic heterocycles. The first kappa shape index (κ1) is 12.3. The maximum Gasteiger partial charge on any atom is 0.355 e. The highest BCUT2D eigenvalue weighted by molar-refractivity contribution is 5.97. The van der Waals surface area contributed by atoms with Crippen molar-refractivity contribution in [2.24, 2.45) is 0 Å². The van der Waals surface area contributed by atoms with E-state index in [1.165, 1.54) is 19.2 Å². The minimum atomic E-state index is -0.645. The van der Waals surface area contributed by atoms with E-state index in [1.807, 2.05) is 0 Å².